The highest BCUT2D eigenvalue weighted by Crippen LogP contribution is 2.40. The topological polar surface area (TPSA) is 75.7 Å². The van der Waals surface area contributed by atoms with Gasteiger partial charge in [0.15, 0.2) is 0 Å². The van der Waals surface area contributed by atoms with Crippen LogP contribution in [0.2, 0.25) is 0 Å². The summed E-state index contributed by atoms with van der Waals surface area (Å²) in [7, 11) is -3.78. The Morgan fingerprint density at radius 2 is 1.91 bits per heavy atom. The summed E-state index contributed by atoms with van der Waals surface area (Å²) in [5.74, 6) is -0.317. The van der Waals surface area contributed by atoms with Gasteiger partial charge in [0.25, 0.3) is 0 Å². The number of hydrogen-bond donors (Lipinski definition) is 1. The van der Waals surface area contributed by atoms with Crippen LogP contribution in [0.4, 0.5) is 4.39 Å². The maximum atomic E-state index is 13.2. The van der Waals surface area contributed by atoms with Crippen molar-refractivity contribution >= 4 is 15.9 Å². The molecule has 0 bridgehead atoms. The summed E-state index contributed by atoms with van der Waals surface area (Å²) in [5.41, 5.74) is 1.60. The number of nitrogens with one attached hydrogen (secondary N) is 1. The van der Waals surface area contributed by atoms with Crippen LogP contribution < -0.4 is 10.1 Å². The zero-order chi connectivity index (χ0) is 23.1. The highest BCUT2D eigenvalue weighted by molar-refractivity contribution is 7.89. The highest BCUT2D eigenvalue weighted by atomic mass is 32.2. The molecule has 1 amide bonds. The molecule has 2 aliphatic rings. The smallest absolute Gasteiger partial charge is 0.243 e. The summed E-state index contributed by atoms with van der Waals surface area (Å²) >= 11 is 0. The van der Waals surface area contributed by atoms with Crippen molar-refractivity contribution in [2.45, 2.75) is 56.6 Å². The van der Waals surface area contributed by atoms with Crippen molar-refractivity contribution in [3.8, 4) is 5.75 Å². The van der Waals surface area contributed by atoms with Crippen LogP contribution in [0.3, 0.4) is 0 Å². The van der Waals surface area contributed by atoms with Crippen molar-refractivity contribution in [1.82, 2.24) is 9.62 Å². The molecule has 0 saturated carbocycles. The van der Waals surface area contributed by atoms with E-state index in [0.717, 1.165) is 29.0 Å². The number of nitrogens with zero attached hydrogens (tertiary/aromatic N) is 1. The quantitative estimate of drug-likeness (QED) is 0.750. The second-order valence-corrected chi connectivity index (χ2v) is 11.3. The van der Waals surface area contributed by atoms with Crippen molar-refractivity contribution in [3.63, 3.8) is 0 Å². The molecule has 0 spiro atoms. The fraction of sp³-hybridized carbons (Fsp3) is 0.458. The molecule has 8 heteroatoms. The van der Waals surface area contributed by atoms with Crippen molar-refractivity contribution in [2.75, 3.05) is 13.1 Å². The lowest BCUT2D eigenvalue weighted by molar-refractivity contribution is -0.127. The molecule has 1 N–H and O–H groups in total. The molecular formula is C24H29FN2O4S. The molecule has 0 unspecified atom stereocenters. The van der Waals surface area contributed by atoms with Crippen molar-refractivity contribution < 1.29 is 22.3 Å². The van der Waals surface area contributed by atoms with Crippen molar-refractivity contribution in [3.05, 3.63) is 59.4 Å². The third-order valence-corrected chi connectivity index (χ3v) is 8.03. The first-order valence-electron chi connectivity index (χ1n) is 10.9. The van der Waals surface area contributed by atoms with E-state index in [2.05, 4.69) is 5.32 Å². The first-order chi connectivity index (χ1) is 15.0. The van der Waals surface area contributed by atoms with Crippen molar-refractivity contribution in [2.24, 2.45) is 5.92 Å². The van der Waals surface area contributed by atoms with Gasteiger partial charge in [-0.25, -0.2) is 12.8 Å². The van der Waals surface area contributed by atoms with E-state index in [9.17, 15) is 17.6 Å². The number of ether oxygens (including phenoxy) is 1. The van der Waals surface area contributed by atoms with Crippen LogP contribution >= 0.6 is 0 Å². The summed E-state index contributed by atoms with van der Waals surface area (Å²) in [6.07, 6.45) is 1.83. The Morgan fingerprint density at radius 1 is 1.19 bits per heavy atom. The molecule has 2 atom stereocenters. The largest absolute Gasteiger partial charge is 0.487 e. The SMILES string of the molecule is Cc1ccc2c(c1)OC(C)(C)C[C@H]2NC(=O)[C@@H]1CCCN(S(=O)(=O)c2ccc(F)cc2)C1. The van der Waals surface area contributed by atoms with Gasteiger partial charge in [-0.15, -0.1) is 0 Å². The van der Waals surface area contributed by atoms with Gasteiger partial charge in [-0.2, -0.15) is 4.31 Å². The van der Waals surface area contributed by atoms with E-state index in [0.29, 0.717) is 25.8 Å². The average molecular weight is 461 g/mol. The number of piperidine rings is 1. The Hall–Kier alpha value is -2.45. The molecule has 1 fully saturated rings. The van der Waals surface area contributed by atoms with Crippen LogP contribution in [0, 0.1) is 18.7 Å². The maximum Gasteiger partial charge on any atom is 0.243 e. The van der Waals surface area contributed by atoms with E-state index in [1.54, 1.807) is 0 Å². The molecular weight excluding hydrogens is 431 g/mol. The molecule has 0 aromatic heterocycles. The van der Waals surface area contributed by atoms with E-state index in [4.69, 9.17) is 4.74 Å². The third-order valence-electron chi connectivity index (χ3n) is 6.15. The van der Waals surface area contributed by atoms with E-state index in [-0.39, 0.29) is 23.4 Å². The Bertz CT molecular complexity index is 1120. The third kappa shape index (κ3) is 4.66. The van der Waals surface area contributed by atoms with Crippen LogP contribution in [0.5, 0.6) is 5.75 Å². The lowest BCUT2D eigenvalue weighted by atomic mass is 9.88. The highest BCUT2D eigenvalue weighted by Gasteiger charge is 2.38. The molecule has 4 rings (SSSR count). The Morgan fingerprint density at radius 3 is 2.62 bits per heavy atom. The number of amides is 1. The average Bonchev–Trinajstić information content (AvgIpc) is 2.73. The van der Waals surface area contributed by atoms with E-state index in [1.165, 1.54) is 16.4 Å². The van der Waals surface area contributed by atoms with Gasteiger partial charge in [-0.3, -0.25) is 4.79 Å². The van der Waals surface area contributed by atoms with Gasteiger partial charge >= 0.3 is 0 Å². The molecule has 2 aromatic rings. The molecule has 172 valence electrons. The van der Waals surface area contributed by atoms with E-state index in [1.807, 2.05) is 39.0 Å². The lowest BCUT2D eigenvalue weighted by Crippen LogP contribution is -2.48. The normalized spacial score (nSPS) is 23.1. The number of rotatable bonds is 4. The van der Waals surface area contributed by atoms with Gasteiger partial charge in [0.05, 0.1) is 16.9 Å². The summed E-state index contributed by atoms with van der Waals surface area (Å²) in [5, 5.41) is 3.15. The van der Waals surface area contributed by atoms with E-state index < -0.39 is 27.4 Å². The standard InChI is InChI=1S/C24H29FN2O4S/c1-16-6-11-20-21(14-24(2,3)31-22(20)13-16)26-23(28)17-5-4-12-27(15-17)32(29,30)19-9-7-18(25)8-10-19/h6-11,13,17,21H,4-5,12,14-15H2,1-3H3,(H,26,28)/t17-,21-/m1/s1. The Balaban J connectivity index is 1.50. The van der Waals surface area contributed by atoms with Crippen LogP contribution in [0.15, 0.2) is 47.4 Å². The summed E-state index contributed by atoms with van der Waals surface area (Å²) in [6.45, 7) is 6.44. The first kappa shape index (κ1) is 22.7. The molecule has 1 saturated heterocycles. The van der Waals surface area contributed by atoms with Gasteiger partial charge in [-0.1, -0.05) is 12.1 Å². The van der Waals surface area contributed by atoms with Gasteiger partial charge < -0.3 is 10.1 Å². The predicted octanol–water partition coefficient (Wildman–Crippen LogP) is 3.95. The number of fused-ring (bicyclic) bond motifs is 1. The number of sulfonamides is 1. The number of carbonyl (C=O) groups excluding carboxylic acids is 1. The monoisotopic (exact) mass is 460 g/mol. The molecule has 6 nitrogen and oxygen atoms in total. The minimum absolute atomic E-state index is 0.0374. The van der Waals surface area contributed by atoms with Crippen LogP contribution in [0.1, 0.15) is 50.3 Å². The molecule has 32 heavy (non-hydrogen) atoms. The fourth-order valence-corrected chi connectivity index (χ4v) is 6.03. The number of carbonyl (C=O) groups is 1. The first-order valence-corrected chi connectivity index (χ1v) is 12.3. The van der Waals surface area contributed by atoms with Crippen LogP contribution in [-0.4, -0.2) is 37.3 Å². The Labute approximate surface area is 188 Å². The summed E-state index contributed by atoms with van der Waals surface area (Å²) in [4.78, 5) is 13.2. The van der Waals surface area contributed by atoms with Gasteiger partial charge in [0, 0.05) is 25.1 Å². The van der Waals surface area contributed by atoms with Crippen molar-refractivity contribution in [1.29, 1.82) is 0 Å². The number of halogens is 1. The molecule has 2 heterocycles. The van der Waals surface area contributed by atoms with Gasteiger partial charge in [0.2, 0.25) is 15.9 Å². The Kier molecular flexibility index (Phi) is 6.02. The zero-order valence-corrected chi connectivity index (χ0v) is 19.4. The summed E-state index contributed by atoms with van der Waals surface area (Å²) < 4.78 is 46.6. The minimum atomic E-state index is -3.78. The predicted molar refractivity (Wildman–Crippen MR) is 119 cm³/mol. The van der Waals surface area contributed by atoms with Gasteiger partial charge in [0.1, 0.15) is 17.2 Å². The molecule has 0 aliphatic carbocycles. The van der Waals surface area contributed by atoms with Crippen LogP contribution in [-0.2, 0) is 14.8 Å². The molecule has 0 radical (unpaired) electrons. The maximum absolute atomic E-state index is 13.2. The zero-order valence-electron chi connectivity index (χ0n) is 18.6. The second-order valence-electron chi connectivity index (χ2n) is 9.32. The lowest BCUT2D eigenvalue weighted by Gasteiger charge is -2.39. The number of aryl methyl sites for hydroxylation is 1. The fourth-order valence-electron chi connectivity index (χ4n) is 4.51. The van der Waals surface area contributed by atoms with E-state index >= 15 is 0 Å². The number of hydrogen-bond acceptors (Lipinski definition) is 4. The molecule has 2 aliphatic heterocycles. The van der Waals surface area contributed by atoms with Gasteiger partial charge in [-0.05, 0) is 69.5 Å². The molecule has 2 aromatic carbocycles. The summed E-state index contributed by atoms with van der Waals surface area (Å²) in [6, 6.07) is 10.5. The minimum Gasteiger partial charge on any atom is -0.487 e. The second kappa shape index (κ2) is 8.48. The number of benzene rings is 2. The van der Waals surface area contributed by atoms with Crippen LogP contribution in [0.25, 0.3) is 0 Å².